The third kappa shape index (κ3) is 2.44. The van der Waals surface area contributed by atoms with E-state index < -0.39 is 0 Å². The molecular formula is C14H22N4O. The van der Waals surface area contributed by atoms with Crippen LogP contribution in [0.4, 0.5) is 5.82 Å². The number of nitrogen functional groups attached to an aromatic ring is 1. The number of hydrazine groups is 1. The van der Waals surface area contributed by atoms with Gasteiger partial charge < -0.3 is 10.2 Å². The van der Waals surface area contributed by atoms with Gasteiger partial charge in [0.2, 0.25) is 0 Å². The molecule has 0 amide bonds. The van der Waals surface area contributed by atoms with Gasteiger partial charge in [-0.25, -0.2) is 15.8 Å². The van der Waals surface area contributed by atoms with E-state index in [1.165, 1.54) is 25.7 Å². The number of hydrogen-bond acceptors (Lipinski definition) is 5. The molecule has 0 aromatic carbocycles. The monoisotopic (exact) mass is 262 g/mol. The summed E-state index contributed by atoms with van der Waals surface area (Å²) in [5.41, 5.74) is 4.86. The zero-order valence-corrected chi connectivity index (χ0v) is 11.5. The number of nitrogens with zero attached hydrogens (tertiary/aromatic N) is 2. The normalized spacial score (nSPS) is 26.2. The van der Waals surface area contributed by atoms with Crippen molar-refractivity contribution in [2.75, 3.05) is 12.0 Å². The molecule has 0 radical (unpaired) electrons. The SMILES string of the molecule is CCC1CCC(c2nc3c(c(NN)n2)COCC3)C1. The summed E-state index contributed by atoms with van der Waals surface area (Å²) in [4.78, 5) is 9.41. The van der Waals surface area contributed by atoms with Crippen molar-refractivity contribution in [2.24, 2.45) is 11.8 Å². The molecule has 2 aliphatic rings. The largest absolute Gasteiger partial charge is 0.376 e. The van der Waals surface area contributed by atoms with Crippen LogP contribution in [0.1, 0.15) is 55.6 Å². The van der Waals surface area contributed by atoms with Gasteiger partial charge in [0.15, 0.2) is 0 Å². The third-order valence-corrected chi connectivity index (χ3v) is 4.46. The van der Waals surface area contributed by atoms with E-state index in [2.05, 4.69) is 17.3 Å². The number of fused-ring (bicyclic) bond motifs is 1. The van der Waals surface area contributed by atoms with E-state index in [1.54, 1.807) is 0 Å². The Morgan fingerprint density at radius 1 is 1.37 bits per heavy atom. The van der Waals surface area contributed by atoms with Gasteiger partial charge in [0.05, 0.1) is 18.9 Å². The van der Waals surface area contributed by atoms with Gasteiger partial charge in [-0.2, -0.15) is 0 Å². The van der Waals surface area contributed by atoms with Crippen LogP contribution in [0.2, 0.25) is 0 Å². The lowest BCUT2D eigenvalue weighted by molar-refractivity contribution is 0.109. The summed E-state index contributed by atoms with van der Waals surface area (Å²) in [7, 11) is 0. The molecule has 5 nitrogen and oxygen atoms in total. The number of rotatable bonds is 3. The predicted octanol–water partition coefficient (Wildman–Crippen LogP) is 2.13. The summed E-state index contributed by atoms with van der Waals surface area (Å²) in [5, 5.41) is 0. The Kier molecular flexibility index (Phi) is 3.66. The summed E-state index contributed by atoms with van der Waals surface area (Å²) >= 11 is 0. The zero-order chi connectivity index (χ0) is 13.2. The van der Waals surface area contributed by atoms with Gasteiger partial charge in [-0.1, -0.05) is 13.3 Å². The quantitative estimate of drug-likeness (QED) is 0.645. The van der Waals surface area contributed by atoms with Gasteiger partial charge in [-0.05, 0) is 25.2 Å². The van der Waals surface area contributed by atoms with Crippen LogP contribution in [0.5, 0.6) is 0 Å². The minimum atomic E-state index is 0.505. The molecule has 2 heterocycles. The van der Waals surface area contributed by atoms with Crippen LogP contribution in [0.15, 0.2) is 0 Å². The summed E-state index contributed by atoms with van der Waals surface area (Å²) < 4.78 is 5.46. The van der Waals surface area contributed by atoms with E-state index in [9.17, 15) is 0 Å². The molecule has 19 heavy (non-hydrogen) atoms. The second kappa shape index (κ2) is 5.43. The van der Waals surface area contributed by atoms with Crippen molar-refractivity contribution >= 4 is 5.82 Å². The van der Waals surface area contributed by atoms with Gasteiger partial charge >= 0.3 is 0 Å². The molecule has 1 aromatic rings. The van der Waals surface area contributed by atoms with Crippen molar-refractivity contribution in [3.05, 3.63) is 17.1 Å². The average molecular weight is 262 g/mol. The molecule has 1 aliphatic heterocycles. The van der Waals surface area contributed by atoms with Crippen molar-refractivity contribution in [1.29, 1.82) is 0 Å². The smallest absolute Gasteiger partial charge is 0.149 e. The molecule has 3 rings (SSSR count). The lowest BCUT2D eigenvalue weighted by Crippen LogP contribution is -2.21. The number of aromatic nitrogens is 2. The molecule has 0 saturated heterocycles. The van der Waals surface area contributed by atoms with Gasteiger partial charge in [0, 0.05) is 17.9 Å². The molecule has 1 fully saturated rings. The van der Waals surface area contributed by atoms with E-state index in [-0.39, 0.29) is 0 Å². The predicted molar refractivity (Wildman–Crippen MR) is 73.6 cm³/mol. The molecule has 0 bridgehead atoms. The highest BCUT2D eigenvalue weighted by atomic mass is 16.5. The number of ether oxygens (including phenoxy) is 1. The van der Waals surface area contributed by atoms with E-state index in [1.807, 2.05) is 0 Å². The zero-order valence-electron chi connectivity index (χ0n) is 11.5. The average Bonchev–Trinajstić information content (AvgIpc) is 2.95. The van der Waals surface area contributed by atoms with Crippen LogP contribution in [0.25, 0.3) is 0 Å². The standard InChI is InChI=1S/C14H22N4O/c1-2-9-3-4-10(7-9)13-16-12-5-6-19-8-11(12)14(17-13)18-15/h9-10H,2-8,15H2,1H3,(H,16,17,18). The maximum atomic E-state index is 5.60. The topological polar surface area (TPSA) is 73.1 Å². The van der Waals surface area contributed by atoms with Crippen molar-refractivity contribution in [2.45, 2.75) is 51.6 Å². The minimum absolute atomic E-state index is 0.505. The first-order valence-corrected chi connectivity index (χ1v) is 7.25. The number of hydrogen-bond donors (Lipinski definition) is 2. The highest BCUT2D eigenvalue weighted by Gasteiger charge is 2.28. The number of anilines is 1. The Hall–Kier alpha value is -1.20. The van der Waals surface area contributed by atoms with E-state index >= 15 is 0 Å². The first-order chi connectivity index (χ1) is 9.31. The van der Waals surface area contributed by atoms with Crippen LogP contribution in [-0.4, -0.2) is 16.6 Å². The van der Waals surface area contributed by atoms with E-state index in [0.717, 1.165) is 41.8 Å². The number of nitrogens with two attached hydrogens (primary N) is 1. The fraction of sp³-hybridized carbons (Fsp3) is 0.714. The first-order valence-electron chi connectivity index (χ1n) is 7.25. The molecule has 0 spiro atoms. The van der Waals surface area contributed by atoms with Crippen molar-refractivity contribution in [1.82, 2.24) is 9.97 Å². The fourth-order valence-electron chi connectivity index (χ4n) is 3.23. The molecule has 1 aromatic heterocycles. The Labute approximate surface area is 113 Å². The maximum absolute atomic E-state index is 5.60. The van der Waals surface area contributed by atoms with Gasteiger partial charge in [-0.15, -0.1) is 0 Å². The van der Waals surface area contributed by atoms with Crippen molar-refractivity contribution in [3.63, 3.8) is 0 Å². The summed E-state index contributed by atoms with van der Waals surface area (Å²) in [5.74, 6) is 8.67. The van der Waals surface area contributed by atoms with Crippen LogP contribution in [-0.2, 0) is 17.8 Å². The summed E-state index contributed by atoms with van der Waals surface area (Å²) in [6.07, 6.45) is 5.85. The fourth-order valence-corrected chi connectivity index (χ4v) is 3.23. The minimum Gasteiger partial charge on any atom is -0.376 e. The molecular weight excluding hydrogens is 240 g/mol. The first kappa shape index (κ1) is 12.8. The van der Waals surface area contributed by atoms with Gasteiger partial charge in [-0.3, -0.25) is 0 Å². The highest BCUT2D eigenvalue weighted by Crippen LogP contribution is 2.39. The Morgan fingerprint density at radius 3 is 3.00 bits per heavy atom. The van der Waals surface area contributed by atoms with Gasteiger partial charge in [0.25, 0.3) is 0 Å². The Bertz CT molecular complexity index is 446. The maximum Gasteiger partial charge on any atom is 0.149 e. The van der Waals surface area contributed by atoms with Crippen LogP contribution < -0.4 is 11.3 Å². The molecule has 2 atom stereocenters. The van der Waals surface area contributed by atoms with Crippen molar-refractivity contribution < 1.29 is 4.74 Å². The number of nitrogens with one attached hydrogen (secondary N) is 1. The molecule has 2 unspecified atom stereocenters. The lowest BCUT2D eigenvalue weighted by Gasteiger charge is -2.20. The van der Waals surface area contributed by atoms with E-state index in [0.29, 0.717) is 12.5 Å². The summed E-state index contributed by atoms with van der Waals surface area (Å²) in [6.45, 7) is 3.58. The van der Waals surface area contributed by atoms with Crippen molar-refractivity contribution in [3.8, 4) is 0 Å². The summed E-state index contributed by atoms with van der Waals surface area (Å²) in [6, 6.07) is 0. The second-order valence-electron chi connectivity index (χ2n) is 5.59. The molecule has 5 heteroatoms. The van der Waals surface area contributed by atoms with E-state index in [4.69, 9.17) is 15.6 Å². The second-order valence-corrected chi connectivity index (χ2v) is 5.59. The van der Waals surface area contributed by atoms with Gasteiger partial charge in [0.1, 0.15) is 11.6 Å². The molecule has 3 N–H and O–H groups in total. The Balaban J connectivity index is 1.90. The van der Waals surface area contributed by atoms with Crippen LogP contribution >= 0.6 is 0 Å². The lowest BCUT2D eigenvalue weighted by atomic mass is 10.0. The van der Waals surface area contributed by atoms with Crippen LogP contribution in [0, 0.1) is 5.92 Å². The Morgan fingerprint density at radius 2 is 2.26 bits per heavy atom. The molecule has 1 saturated carbocycles. The third-order valence-electron chi connectivity index (χ3n) is 4.46. The molecule has 104 valence electrons. The van der Waals surface area contributed by atoms with Crippen LogP contribution in [0.3, 0.4) is 0 Å². The highest BCUT2D eigenvalue weighted by molar-refractivity contribution is 5.46. The molecule has 1 aliphatic carbocycles.